The zero-order valence-corrected chi connectivity index (χ0v) is 10.0. The van der Waals surface area contributed by atoms with Crippen LogP contribution in [0.4, 0.5) is 0 Å². The van der Waals surface area contributed by atoms with Crippen molar-refractivity contribution in [3.63, 3.8) is 0 Å². The summed E-state index contributed by atoms with van der Waals surface area (Å²) in [4.78, 5) is 22.5. The standard InChI is InChI=1S/C10H10ClNO3S/c1-6(10(14)15)12-9(13)5-3-7-2-4-8(11)16-7/h2-6H,1H3,(H,12,13)(H,14,15)/b5-3+/t6-/m0/s1. The summed E-state index contributed by atoms with van der Waals surface area (Å²) in [6, 6.07) is 2.60. The summed E-state index contributed by atoms with van der Waals surface area (Å²) < 4.78 is 0.638. The minimum atomic E-state index is -1.07. The minimum absolute atomic E-state index is 0.445. The fraction of sp³-hybridized carbons (Fsp3) is 0.200. The predicted molar refractivity (Wildman–Crippen MR) is 63.6 cm³/mol. The maximum absolute atomic E-state index is 11.2. The maximum atomic E-state index is 11.2. The fourth-order valence-corrected chi connectivity index (χ4v) is 1.86. The van der Waals surface area contributed by atoms with Crippen molar-refractivity contribution in [2.45, 2.75) is 13.0 Å². The monoisotopic (exact) mass is 259 g/mol. The molecule has 86 valence electrons. The van der Waals surface area contributed by atoms with E-state index in [1.54, 1.807) is 18.2 Å². The maximum Gasteiger partial charge on any atom is 0.325 e. The smallest absolute Gasteiger partial charge is 0.325 e. The number of hydrogen-bond acceptors (Lipinski definition) is 3. The van der Waals surface area contributed by atoms with Crippen molar-refractivity contribution in [1.29, 1.82) is 0 Å². The Morgan fingerprint density at radius 3 is 2.75 bits per heavy atom. The van der Waals surface area contributed by atoms with Gasteiger partial charge in [-0.2, -0.15) is 0 Å². The molecule has 0 fully saturated rings. The molecule has 1 rings (SSSR count). The molecule has 0 saturated heterocycles. The fourth-order valence-electron chi connectivity index (χ4n) is 0.899. The highest BCUT2D eigenvalue weighted by Crippen LogP contribution is 2.22. The highest BCUT2D eigenvalue weighted by molar-refractivity contribution is 7.17. The van der Waals surface area contributed by atoms with Crippen LogP contribution in [0.3, 0.4) is 0 Å². The van der Waals surface area contributed by atoms with Crippen LogP contribution in [0.1, 0.15) is 11.8 Å². The van der Waals surface area contributed by atoms with Gasteiger partial charge in [0.2, 0.25) is 5.91 Å². The Kier molecular flexibility index (Phi) is 4.52. The first-order chi connectivity index (χ1) is 7.49. The molecule has 1 aromatic heterocycles. The molecule has 1 heterocycles. The lowest BCUT2D eigenvalue weighted by Gasteiger charge is -2.05. The molecule has 2 N–H and O–H groups in total. The third-order valence-electron chi connectivity index (χ3n) is 1.72. The number of hydrogen-bond donors (Lipinski definition) is 2. The zero-order chi connectivity index (χ0) is 12.1. The lowest BCUT2D eigenvalue weighted by molar-refractivity contribution is -0.140. The average Bonchev–Trinajstić information content (AvgIpc) is 2.61. The first-order valence-electron chi connectivity index (χ1n) is 4.46. The molecule has 1 aromatic rings. The number of amides is 1. The van der Waals surface area contributed by atoms with Gasteiger partial charge in [0, 0.05) is 11.0 Å². The van der Waals surface area contributed by atoms with Crippen LogP contribution in [0.5, 0.6) is 0 Å². The number of halogens is 1. The number of carboxylic acid groups (broad SMARTS) is 1. The molecule has 16 heavy (non-hydrogen) atoms. The van der Waals surface area contributed by atoms with E-state index in [1.165, 1.54) is 24.3 Å². The molecule has 0 aromatic carbocycles. The molecule has 1 atom stereocenters. The molecule has 0 aliphatic rings. The summed E-state index contributed by atoms with van der Waals surface area (Å²) in [5.41, 5.74) is 0. The SMILES string of the molecule is C[C@H](NC(=O)/C=C/c1ccc(Cl)s1)C(=O)O. The van der Waals surface area contributed by atoms with Crippen LogP contribution in [0.2, 0.25) is 4.34 Å². The Hall–Kier alpha value is -1.33. The van der Waals surface area contributed by atoms with Gasteiger partial charge in [0.1, 0.15) is 6.04 Å². The van der Waals surface area contributed by atoms with Crippen LogP contribution in [-0.2, 0) is 9.59 Å². The number of thiophene rings is 1. The molecular weight excluding hydrogens is 250 g/mol. The molecule has 6 heteroatoms. The topological polar surface area (TPSA) is 66.4 Å². The second-order valence-corrected chi connectivity index (χ2v) is 4.79. The van der Waals surface area contributed by atoms with Gasteiger partial charge in [-0.3, -0.25) is 9.59 Å². The summed E-state index contributed by atoms with van der Waals surface area (Å²) in [7, 11) is 0. The van der Waals surface area contributed by atoms with E-state index >= 15 is 0 Å². The van der Waals surface area contributed by atoms with Gasteiger partial charge in [-0.1, -0.05) is 11.6 Å². The number of carbonyl (C=O) groups excluding carboxylic acids is 1. The summed E-state index contributed by atoms with van der Waals surface area (Å²) in [6.07, 6.45) is 2.86. The van der Waals surface area contributed by atoms with Crippen molar-refractivity contribution in [2.24, 2.45) is 0 Å². The number of carbonyl (C=O) groups is 2. The highest BCUT2D eigenvalue weighted by atomic mass is 35.5. The quantitative estimate of drug-likeness (QED) is 0.813. The van der Waals surface area contributed by atoms with Crippen LogP contribution in [0.25, 0.3) is 6.08 Å². The highest BCUT2D eigenvalue weighted by Gasteiger charge is 2.11. The Labute approximate surface area is 102 Å². The van der Waals surface area contributed by atoms with Crippen molar-refractivity contribution in [1.82, 2.24) is 5.32 Å². The third kappa shape index (κ3) is 4.04. The molecule has 0 saturated carbocycles. The molecular formula is C10H10ClNO3S. The number of nitrogens with one attached hydrogen (secondary N) is 1. The van der Waals surface area contributed by atoms with Crippen molar-refractivity contribution in [3.05, 3.63) is 27.4 Å². The van der Waals surface area contributed by atoms with E-state index in [2.05, 4.69) is 5.32 Å². The second-order valence-electron chi connectivity index (χ2n) is 3.04. The van der Waals surface area contributed by atoms with Gasteiger partial charge in [0.15, 0.2) is 0 Å². The van der Waals surface area contributed by atoms with Crippen LogP contribution >= 0.6 is 22.9 Å². The second kappa shape index (κ2) is 5.67. The van der Waals surface area contributed by atoms with Crippen LogP contribution in [0, 0.1) is 0 Å². The van der Waals surface area contributed by atoms with Gasteiger partial charge >= 0.3 is 5.97 Å². The Morgan fingerprint density at radius 1 is 1.56 bits per heavy atom. The van der Waals surface area contributed by atoms with Gasteiger partial charge < -0.3 is 10.4 Å². The molecule has 0 spiro atoms. The van der Waals surface area contributed by atoms with E-state index in [0.717, 1.165) is 4.88 Å². The van der Waals surface area contributed by atoms with Crippen molar-refractivity contribution < 1.29 is 14.7 Å². The van der Waals surface area contributed by atoms with Gasteiger partial charge in [-0.25, -0.2) is 0 Å². The average molecular weight is 260 g/mol. The lowest BCUT2D eigenvalue weighted by atomic mass is 10.3. The summed E-state index contributed by atoms with van der Waals surface area (Å²) >= 11 is 7.05. The predicted octanol–water partition coefficient (Wildman–Crippen LogP) is 2.00. The van der Waals surface area contributed by atoms with Crippen molar-refractivity contribution in [2.75, 3.05) is 0 Å². The van der Waals surface area contributed by atoms with Gasteiger partial charge in [0.05, 0.1) is 4.34 Å². The molecule has 1 amide bonds. The molecule has 0 radical (unpaired) electrons. The number of aliphatic carboxylic acids is 1. The minimum Gasteiger partial charge on any atom is -0.480 e. The van der Waals surface area contributed by atoms with Crippen LogP contribution in [-0.4, -0.2) is 23.0 Å². The van der Waals surface area contributed by atoms with E-state index in [4.69, 9.17) is 16.7 Å². The Balaban J connectivity index is 2.51. The first-order valence-corrected chi connectivity index (χ1v) is 5.65. The van der Waals surface area contributed by atoms with Gasteiger partial charge in [-0.15, -0.1) is 11.3 Å². The van der Waals surface area contributed by atoms with E-state index in [-0.39, 0.29) is 0 Å². The third-order valence-corrected chi connectivity index (χ3v) is 2.92. The summed E-state index contributed by atoms with van der Waals surface area (Å²) in [6.45, 7) is 1.40. The molecule has 0 unspecified atom stereocenters. The molecule has 0 aliphatic carbocycles. The van der Waals surface area contributed by atoms with E-state index in [9.17, 15) is 9.59 Å². The van der Waals surface area contributed by atoms with E-state index in [0.29, 0.717) is 4.34 Å². The number of carboxylic acids is 1. The van der Waals surface area contributed by atoms with Gasteiger partial charge in [-0.05, 0) is 25.1 Å². The molecule has 0 aliphatic heterocycles. The zero-order valence-electron chi connectivity index (χ0n) is 8.44. The number of rotatable bonds is 4. The Bertz CT molecular complexity index is 427. The first kappa shape index (κ1) is 12.7. The summed E-state index contributed by atoms with van der Waals surface area (Å²) in [5, 5.41) is 10.9. The van der Waals surface area contributed by atoms with E-state index < -0.39 is 17.9 Å². The van der Waals surface area contributed by atoms with Crippen LogP contribution in [0.15, 0.2) is 18.2 Å². The molecule has 0 bridgehead atoms. The van der Waals surface area contributed by atoms with Gasteiger partial charge in [0.25, 0.3) is 0 Å². The van der Waals surface area contributed by atoms with Crippen molar-refractivity contribution >= 4 is 40.9 Å². The van der Waals surface area contributed by atoms with Crippen molar-refractivity contribution in [3.8, 4) is 0 Å². The molecule has 4 nitrogen and oxygen atoms in total. The van der Waals surface area contributed by atoms with Crippen LogP contribution < -0.4 is 5.32 Å². The Morgan fingerprint density at radius 2 is 2.25 bits per heavy atom. The summed E-state index contributed by atoms with van der Waals surface area (Å²) in [5.74, 6) is -1.51. The largest absolute Gasteiger partial charge is 0.480 e. The lowest BCUT2D eigenvalue weighted by Crippen LogP contribution is -2.37. The van der Waals surface area contributed by atoms with E-state index in [1.807, 2.05) is 0 Å². The normalized spacial score (nSPS) is 12.6.